The van der Waals surface area contributed by atoms with Crippen molar-refractivity contribution < 1.29 is 19.7 Å². The van der Waals surface area contributed by atoms with Crippen LogP contribution in [0.3, 0.4) is 0 Å². The van der Waals surface area contributed by atoms with Gasteiger partial charge in [0.1, 0.15) is 5.75 Å². The summed E-state index contributed by atoms with van der Waals surface area (Å²) in [5.41, 5.74) is 3.31. The maximum Gasteiger partial charge on any atom is 0.248 e. The SMILES string of the molecule is O=C(CCOCCc1cccc(CCN2CC3CCCC3C2)c1)N(CCNCC(O)c1ccc(O)c2[nH]c(=O)ccc12)C1CC1. The van der Waals surface area contributed by atoms with E-state index >= 15 is 0 Å². The first kappa shape index (κ1) is 31.7. The molecule has 2 heterocycles. The van der Waals surface area contributed by atoms with Gasteiger partial charge in [0.05, 0.1) is 31.3 Å². The van der Waals surface area contributed by atoms with Gasteiger partial charge in [-0.1, -0.05) is 36.8 Å². The number of benzene rings is 2. The number of pyridine rings is 1. The van der Waals surface area contributed by atoms with Crippen molar-refractivity contribution in [3.63, 3.8) is 0 Å². The molecule has 3 unspecified atom stereocenters. The molecule has 3 fully saturated rings. The van der Waals surface area contributed by atoms with Gasteiger partial charge in [0.25, 0.3) is 0 Å². The Labute approximate surface area is 265 Å². The van der Waals surface area contributed by atoms with Crippen molar-refractivity contribution in [2.45, 2.75) is 63.5 Å². The maximum atomic E-state index is 13.0. The van der Waals surface area contributed by atoms with Crippen LogP contribution in [0.1, 0.15) is 61.3 Å². The number of H-pyrrole nitrogens is 1. The molecule has 3 atom stereocenters. The molecule has 9 nitrogen and oxygen atoms in total. The number of carbonyl (C=O) groups is 1. The Bertz CT molecular complexity index is 1490. The molecule has 242 valence electrons. The second-order valence-electron chi connectivity index (χ2n) is 13.2. The largest absolute Gasteiger partial charge is 0.506 e. The predicted octanol–water partition coefficient (Wildman–Crippen LogP) is 3.77. The van der Waals surface area contributed by atoms with Crippen LogP contribution in [0, 0.1) is 11.8 Å². The third-order valence-electron chi connectivity index (χ3n) is 9.95. The highest BCUT2D eigenvalue weighted by Gasteiger charge is 2.35. The Morgan fingerprint density at radius 2 is 1.80 bits per heavy atom. The van der Waals surface area contributed by atoms with Crippen molar-refractivity contribution in [1.82, 2.24) is 20.1 Å². The number of aromatic nitrogens is 1. The highest BCUT2D eigenvalue weighted by Crippen LogP contribution is 2.37. The monoisotopic (exact) mass is 616 g/mol. The number of aliphatic hydroxyl groups excluding tert-OH is 1. The highest BCUT2D eigenvalue weighted by molar-refractivity contribution is 5.87. The number of ether oxygens (including phenoxy) is 1. The van der Waals surface area contributed by atoms with Gasteiger partial charge in [0, 0.05) is 56.8 Å². The number of nitrogens with zero attached hydrogens (tertiary/aromatic N) is 2. The van der Waals surface area contributed by atoms with Gasteiger partial charge in [-0.3, -0.25) is 9.59 Å². The van der Waals surface area contributed by atoms with Gasteiger partial charge in [-0.25, -0.2) is 0 Å². The van der Waals surface area contributed by atoms with Gasteiger partial charge < -0.3 is 35.1 Å². The summed E-state index contributed by atoms with van der Waals surface area (Å²) >= 11 is 0. The smallest absolute Gasteiger partial charge is 0.248 e. The zero-order valence-electron chi connectivity index (χ0n) is 26.3. The van der Waals surface area contributed by atoms with Gasteiger partial charge >= 0.3 is 0 Å². The fourth-order valence-corrected chi connectivity index (χ4v) is 7.33. The number of fused-ring (bicyclic) bond motifs is 2. The number of hydrogen-bond donors (Lipinski definition) is 4. The Balaban J connectivity index is 0.879. The van der Waals surface area contributed by atoms with Gasteiger partial charge in [-0.2, -0.15) is 0 Å². The number of phenols is 1. The van der Waals surface area contributed by atoms with E-state index in [1.807, 2.05) is 4.90 Å². The number of amides is 1. The molecule has 2 saturated carbocycles. The van der Waals surface area contributed by atoms with Crippen LogP contribution in [0.15, 0.2) is 53.3 Å². The average molecular weight is 617 g/mol. The van der Waals surface area contributed by atoms with Gasteiger partial charge in [0.2, 0.25) is 11.5 Å². The van der Waals surface area contributed by atoms with Crippen molar-refractivity contribution in [2.24, 2.45) is 11.8 Å². The van der Waals surface area contributed by atoms with E-state index in [2.05, 4.69) is 39.5 Å². The summed E-state index contributed by atoms with van der Waals surface area (Å²) in [4.78, 5) is 31.9. The summed E-state index contributed by atoms with van der Waals surface area (Å²) in [6, 6.07) is 15.3. The lowest BCUT2D eigenvalue weighted by Crippen LogP contribution is -2.39. The molecule has 2 aromatic carbocycles. The van der Waals surface area contributed by atoms with Crippen molar-refractivity contribution in [3.05, 3.63) is 75.6 Å². The third-order valence-corrected chi connectivity index (χ3v) is 9.95. The molecule has 0 radical (unpaired) electrons. The molecule has 1 aliphatic heterocycles. The molecule has 9 heteroatoms. The molecule has 0 bridgehead atoms. The van der Waals surface area contributed by atoms with Crippen molar-refractivity contribution in [1.29, 1.82) is 0 Å². The van der Waals surface area contributed by atoms with Crippen molar-refractivity contribution >= 4 is 16.8 Å². The van der Waals surface area contributed by atoms with Crippen molar-refractivity contribution in [3.8, 4) is 5.75 Å². The van der Waals surface area contributed by atoms with Crippen molar-refractivity contribution in [2.75, 3.05) is 52.5 Å². The molecule has 4 N–H and O–H groups in total. The summed E-state index contributed by atoms with van der Waals surface area (Å²) in [6.07, 6.45) is 7.83. The van der Waals surface area contributed by atoms with Crippen LogP contribution < -0.4 is 10.9 Å². The fraction of sp³-hybridized carbons (Fsp3) is 0.556. The van der Waals surface area contributed by atoms with Gasteiger partial charge in [-0.15, -0.1) is 0 Å². The average Bonchev–Trinajstić information content (AvgIpc) is 3.65. The lowest BCUT2D eigenvalue weighted by Gasteiger charge is -2.23. The molecule has 1 saturated heterocycles. The minimum atomic E-state index is -0.831. The van der Waals surface area contributed by atoms with Crippen LogP contribution in [0.5, 0.6) is 5.75 Å². The molecule has 2 aliphatic carbocycles. The molecular formula is C36H48N4O5. The number of rotatable bonds is 16. The summed E-state index contributed by atoms with van der Waals surface area (Å²) < 4.78 is 5.89. The Kier molecular flexibility index (Phi) is 10.5. The minimum Gasteiger partial charge on any atom is -0.506 e. The van der Waals surface area contributed by atoms with E-state index in [0.717, 1.165) is 44.1 Å². The van der Waals surface area contributed by atoms with Gasteiger partial charge in [0.15, 0.2) is 0 Å². The molecule has 3 aromatic rings. The Morgan fingerprint density at radius 3 is 2.58 bits per heavy atom. The first-order valence-corrected chi connectivity index (χ1v) is 16.9. The van der Waals surface area contributed by atoms with E-state index in [4.69, 9.17) is 4.74 Å². The Morgan fingerprint density at radius 1 is 1.02 bits per heavy atom. The third kappa shape index (κ3) is 8.33. The van der Waals surface area contributed by atoms with E-state index in [-0.39, 0.29) is 23.8 Å². The number of aliphatic hydroxyl groups is 1. The topological polar surface area (TPSA) is 118 Å². The van der Waals surface area contributed by atoms with Crippen LogP contribution in [-0.4, -0.2) is 89.4 Å². The molecule has 3 aliphatic rings. The molecule has 0 spiro atoms. The molecule has 45 heavy (non-hydrogen) atoms. The maximum absolute atomic E-state index is 13.0. The molecule has 1 amide bonds. The summed E-state index contributed by atoms with van der Waals surface area (Å²) in [7, 11) is 0. The molecular weight excluding hydrogens is 568 g/mol. The quantitative estimate of drug-likeness (QED) is 0.181. The van der Waals surface area contributed by atoms with Crippen LogP contribution in [0.25, 0.3) is 10.9 Å². The fourth-order valence-electron chi connectivity index (χ4n) is 7.33. The number of hydrogen-bond acceptors (Lipinski definition) is 7. The van der Waals surface area contributed by atoms with Crippen LogP contribution in [0.4, 0.5) is 0 Å². The lowest BCUT2D eigenvalue weighted by molar-refractivity contribution is -0.132. The summed E-state index contributed by atoms with van der Waals surface area (Å²) in [5.74, 6) is 1.97. The second kappa shape index (κ2) is 14.9. The zero-order chi connectivity index (χ0) is 31.2. The number of likely N-dealkylation sites (tertiary alicyclic amines) is 1. The minimum absolute atomic E-state index is 0.0341. The van der Waals surface area contributed by atoms with E-state index in [1.165, 1.54) is 55.6 Å². The number of carbonyl (C=O) groups excluding carboxylic acids is 1. The number of phenolic OH excluding ortho intramolecular Hbond substituents is 1. The predicted molar refractivity (Wildman–Crippen MR) is 175 cm³/mol. The van der Waals surface area contributed by atoms with E-state index in [1.54, 1.807) is 12.1 Å². The van der Waals surface area contributed by atoms with E-state index in [0.29, 0.717) is 55.2 Å². The standard InChI is InChI=1S/C36H48N4O5/c41-32-11-9-30(31-10-12-34(43)38-36(31)32)33(42)22-37-16-18-40(29-7-8-29)35(44)15-20-45-19-14-26-4-1-3-25(21-26)13-17-39-23-27-5-2-6-28(27)24-39/h1,3-4,9-12,21,27-29,33,37,41-42H,2,5-8,13-20,22-24H2,(H,38,43). The number of aromatic amines is 1. The molecule has 6 rings (SSSR count). The normalized spacial score (nSPS) is 20.5. The van der Waals surface area contributed by atoms with Gasteiger partial charge in [-0.05, 0) is 79.2 Å². The second-order valence-corrected chi connectivity index (χ2v) is 13.2. The zero-order valence-corrected chi connectivity index (χ0v) is 26.3. The number of aromatic hydroxyl groups is 1. The first-order valence-electron chi connectivity index (χ1n) is 16.9. The molecule has 1 aromatic heterocycles. The number of nitrogens with one attached hydrogen (secondary N) is 2. The summed E-state index contributed by atoms with van der Waals surface area (Å²) in [5, 5.41) is 24.8. The van der Waals surface area contributed by atoms with E-state index in [9.17, 15) is 19.8 Å². The summed E-state index contributed by atoms with van der Waals surface area (Å²) in [6.45, 7) is 6.18. The first-order chi connectivity index (χ1) is 21.9. The lowest BCUT2D eigenvalue weighted by atomic mass is 10.0. The highest BCUT2D eigenvalue weighted by atomic mass is 16.5. The van der Waals surface area contributed by atoms with Crippen LogP contribution >= 0.6 is 0 Å². The van der Waals surface area contributed by atoms with E-state index < -0.39 is 6.10 Å². The Hall–Kier alpha value is -3.24. The van der Waals surface area contributed by atoms with Crippen LogP contribution in [0.2, 0.25) is 0 Å². The van der Waals surface area contributed by atoms with Crippen LogP contribution in [-0.2, 0) is 22.4 Å².